The van der Waals surface area contributed by atoms with Crippen molar-refractivity contribution in [3.63, 3.8) is 0 Å². The topological polar surface area (TPSA) is 49.4 Å². The third-order valence-corrected chi connectivity index (χ3v) is 5.84. The Kier molecular flexibility index (Phi) is 7.07. The lowest BCUT2D eigenvalue weighted by molar-refractivity contribution is 0.467. The number of nitrogens with zero attached hydrogens (tertiary/aromatic N) is 1. The summed E-state index contributed by atoms with van der Waals surface area (Å²) < 4.78 is 26.4. The summed E-state index contributed by atoms with van der Waals surface area (Å²) in [6, 6.07) is 3.35. The Morgan fingerprint density at radius 2 is 2.12 bits per heavy atom. The van der Waals surface area contributed by atoms with Crippen LogP contribution in [0.2, 0.25) is 0 Å². The molecule has 0 bridgehead atoms. The third-order valence-electron chi connectivity index (χ3n) is 1.89. The van der Waals surface area contributed by atoms with Gasteiger partial charge in [-0.15, -0.1) is 23.7 Å². The van der Waals surface area contributed by atoms with Gasteiger partial charge in [0.2, 0.25) is 0 Å². The van der Waals surface area contributed by atoms with E-state index in [4.69, 9.17) is 0 Å². The van der Waals surface area contributed by atoms with Crippen LogP contribution in [0.25, 0.3) is 0 Å². The SMILES string of the molecule is CNCCN(C)S(=O)(=O)c1ccc(Br)s1.Cl. The minimum Gasteiger partial charge on any atom is -0.318 e. The quantitative estimate of drug-likeness (QED) is 0.881. The molecular formula is C8H14BrClN2O2S2. The maximum absolute atomic E-state index is 11.9. The number of nitrogens with one attached hydrogen (secondary N) is 1. The molecule has 1 heterocycles. The maximum atomic E-state index is 11.9. The Morgan fingerprint density at radius 1 is 1.50 bits per heavy atom. The molecule has 0 spiro atoms. The number of likely N-dealkylation sites (N-methyl/N-ethyl adjacent to an activating group) is 2. The second kappa shape index (κ2) is 6.93. The van der Waals surface area contributed by atoms with Crippen LogP contribution in [0.15, 0.2) is 20.1 Å². The molecule has 0 fully saturated rings. The van der Waals surface area contributed by atoms with Gasteiger partial charge in [0, 0.05) is 20.1 Å². The average Bonchev–Trinajstić information content (AvgIpc) is 2.61. The van der Waals surface area contributed by atoms with Crippen molar-refractivity contribution in [3.8, 4) is 0 Å². The molecule has 0 aliphatic heterocycles. The summed E-state index contributed by atoms with van der Waals surface area (Å²) in [5, 5.41) is 2.92. The van der Waals surface area contributed by atoms with E-state index in [0.717, 1.165) is 3.79 Å². The maximum Gasteiger partial charge on any atom is 0.252 e. The van der Waals surface area contributed by atoms with Crippen molar-refractivity contribution < 1.29 is 8.42 Å². The van der Waals surface area contributed by atoms with Gasteiger partial charge in [-0.1, -0.05) is 0 Å². The minimum absolute atomic E-state index is 0. The predicted octanol–water partition coefficient (Wildman–Crippen LogP) is 1.77. The highest BCUT2D eigenvalue weighted by Gasteiger charge is 2.21. The molecule has 0 radical (unpaired) electrons. The van der Waals surface area contributed by atoms with E-state index in [1.54, 1.807) is 26.2 Å². The lowest BCUT2D eigenvalue weighted by Crippen LogP contribution is -2.32. The fourth-order valence-electron chi connectivity index (χ4n) is 0.979. The highest BCUT2D eigenvalue weighted by atomic mass is 79.9. The molecule has 0 aliphatic carbocycles. The van der Waals surface area contributed by atoms with Crippen molar-refractivity contribution in [2.24, 2.45) is 0 Å². The van der Waals surface area contributed by atoms with Gasteiger partial charge in [0.15, 0.2) is 0 Å². The number of thiophene rings is 1. The van der Waals surface area contributed by atoms with Crippen LogP contribution in [0.3, 0.4) is 0 Å². The molecule has 16 heavy (non-hydrogen) atoms. The van der Waals surface area contributed by atoms with E-state index in [1.165, 1.54) is 15.6 Å². The summed E-state index contributed by atoms with van der Waals surface area (Å²) in [4.78, 5) is 0. The predicted molar refractivity (Wildman–Crippen MR) is 73.0 cm³/mol. The number of halogens is 2. The second-order valence-corrected chi connectivity index (χ2v) is 7.72. The highest BCUT2D eigenvalue weighted by Crippen LogP contribution is 2.27. The van der Waals surface area contributed by atoms with Crippen LogP contribution in [-0.2, 0) is 10.0 Å². The molecule has 1 rings (SSSR count). The van der Waals surface area contributed by atoms with E-state index in [-0.39, 0.29) is 12.4 Å². The second-order valence-electron chi connectivity index (χ2n) is 2.99. The monoisotopic (exact) mass is 348 g/mol. The Balaban J connectivity index is 0.00000225. The van der Waals surface area contributed by atoms with Gasteiger partial charge in [0.05, 0.1) is 3.79 Å². The summed E-state index contributed by atoms with van der Waals surface area (Å²) in [7, 11) is 0.0689. The first-order chi connectivity index (χ1) is 6.98. The van der Waals surface area contributed by atoms with Crippen LogP contribution in [0.4, 0.5) is 0 Å². The van der Waals surface area contributed by atoms with Crippen LogP contribution in [0, 0.1) is 0 Å². The smallest absolute Gasteiger partial charge is 0.252 e. The van der Waals surface area contributed by atoms with Crippen LogP contribution in [0.5, 0.6) is 0 Å². The van der Waals surface area contributed by atoms with Gasteiger partial charge in [-0.3, -0.25) is 0 Å². The van der Waals surface area contributed by atoms with Crippen molar-refractivity contribution in [1.82, 2.24) is 9.62 Å². The average molecular weight is 350 g/mol. The Hall–Kier alpha value is 0.340. The molecular weight excluding hydrogens is 336 g/mol. The molecule has 0 unspecified atom stereocenters. The summed E-state index contributed by atoms with van der Waals surface area (Å²) in [5.41, 5.74) is 0. The molecule has 1 aromatic rings. The summed E-state index contributed by atoms with van der Waals surface area (Å²) in [6.45, 7) is 1.11. The zero-order chi connectivity index (χ0) is 11.5. The zero-order valence-corrected chi connectivity index (χ0v) is 13.0. The van der Waals surface area contributed by atoms with Crippen LogP contribution in [-0.4, -0.2) is 39.9 Å². The number of sulfonamides is 1. The lowest BCUT2D eigenvalue weighted by atomic mass is 10.6. The molecule has 1 N–H and O–H groups in total. The summed E-state index contributed by atoms with van der Waals surface area (Å²) in [5.74, 6) is 0. The van der Waals surface area contributed by atoms with E-state index in [2.05, 4.69) is 21.2 Å². The van der Waals surface area contributed by atoms with Gasteiger partial charge in [-0.25, -0.2) is 8.42 Å². The molecule has 8 heteroatoms. The van der Waals surface area contributed by atoms with E-state index >= 15 is 0 Å². The zero-order valence-electron chi connectivity index (χ0n) is 8.94. The fraction of sp³-hybridized carbons (Fsp3) is 0.500. The number of hydrogen-bond donors (Lipinski definition) is 1. The molecule has 94 valence electrons. The molecule has 0 aliphatic rings. The van der Waals surface area contributed by atoms with Crippen LogP contribution < -0.4 is 5.32 Å². The van der Waals surface area contributed by atoms with Crippen molar-refractivity contribution in [1.29, 1.82) is 0 Å². The first-order valence-electron chi connectivity index (χ1n) is 4.34. The standard InChI is InChI=1S/C8H13BrN2O2S2.ClH/c1-10-5-6-11(2)15(12,13)8-4-3-7(9)14-8;/h3-4,10H,5-6H2,1-2H3;1H. The van der Waals surface area contributed by atoms with E-state index < -0.39 is 10.0 Å². The van der Waals surface area contributed by atoms with E-state index in [1.807, 2.05) is 0 Å². The molecule has 0 saturated carbocycles. The highest BCUT2D eigenvalue weighted by molar-refractivity contribution is 9.11. The van der Waals surface area contributed by atoms with Crippen molar-refractivity contribution in [2.75, 3.05) is 27.2 Å². The molecule has 0 atom stereocenters. The summed E-state index contributed by atoms with van der Waals surface area (Å²) in [6.07, 6.45) is 0. The first kappa shape index (κ1) is 16.3. The Morgan fingerprint density at radius 3 is 2.56 bits per heavy atom. The van der Waals surface area contributed by atoms with Crippen molar-refractivity contribution >= 4 is 49.7 Å². The lowest BCUT2D eigenvalue weighted by Gasteiger charge is -2.15. The van der Waals surface area contributed by atoms with Gasteiger partial charge in [0.25, 0.3) is 10.0 Å². The van der Waals surface area contributed by atoms with Gasteiger partial charge in [0.1, 0.15) is 4.21 Å². The fourth-order valence-corrected chi connectivity index (χ4v) is 4.37. The molecule has 0 saturated heterocycles. The Labute approximate surface area is 115 Å². The normalized spacial score (nSPS) is 11.5. The molecule has 1 aromatic heterocycles. The number of rotatable bonds is 5. The van der Waals surface area contributed by atoms with E-state index in [9.17, 15) is 8.42 Å². The molecule has 0 amide bonds. The summed E-state index contributed by atoms with van der Waals surface area (Å²) >= 11 is 4.47. The molecule has 4 nitrogen and oxygen atoms in total. The van der Waals surface area contributed by atoms with Crippen LogP contribution >= 0.6 is 39.7 Å². The minimum atomic E-state index is -3.31. The van der Waals surface area contributed by atoms with E-state index in [0.29, 0.717) is 17.3 Å². The third kappa shape index (κ3) is 3.97. The van der Waals surface area contributed by atoms with Gasteiger partial charge >= 0.3 is 0 Å². The number of hydrogen-bond acceptors (Lipinski definition) is 4. The largest absolute Gasteiger partial charge is 0.318 e. The van der Waals surface area contributed by atoms with Crippen LogP contribution in [0.1, 0.15) is 0 Å². The van der Waals surface area contributed by atoms with Crippen molar-refractivity contribution in [3.05, 3.63) is 15.9 Å². The van der Waals surface area contributed by atoms with Crippen molar-refractivity contribution in [2.45, 2.75) is 4.21 Å². The Bertz CT molecular complexity index is 421. The van der Waals surface area contributed by atoms with Gasteiger partial charge < -0.3 is 5.32 Å². The first-order valence-corrected chi connectivity index (χ1v) is 7.39. The molecule has 0 aromatic carbocycles. The van der Waals surface area contributed by atoms with Gasteiger partial charge in [-0.2, -0.15) is 4.31 Å². The van der Waals surface area contributed by atoms with Gasteiger partial charge in [-0.05, 0) is 35.1 Å².